The van der Waals surface area contributed by atoms with Gasteiger partial charge in [-0.25, -0.2) is 4.99 Å². The first-order chi connectivity index (χ1) is 33.6. The number of hydrogen-bond donors (Lipinski definition) is 1. The predicted octanol–water partition coefficient (Wildman–Crippen LogP) is 16.8. The van der Waals surface area contributed by atoms with Crippen LogP contribution < -0.4 is 5.32 Å². The molecule has 1 N–H and O–H groups in total. The van der Waals surface area contributed by atoms with Gasteiger partial charge < -0.3 is 9.88 Å². The molecule has 11 aromatic rings. The van der Waals surface area contributed by atoms with E-state index in [0.29, 0.717) is 0 Å². The normalized spacial score (nSPS) is 16.2. The highest BCUT2D eigenvalue weighted by Gasteiger charge is 2.44. The van der Waals surface area contributed by atoms with Crippen molar-refractivity contribution in [1.29, 1.82) is 0 Å². The molecule has 1 fully saturated rings. The average Bonchev–Trinajstić information content (AvgIpc) is 4.03. The second kappa shape index (κ2) is 15.7. The zero-order chi connectivity index (χ0) is 44.8. The van der Waals surface area contributed by atoms with E-state index in [4.69, 9.17) is 4.99 Å². The van der Waals surface area contributed by atoms with E-state index in [1.54, 1.807) is 0 Å². The van der Waals surface area contributed by atoms with Crippen LogP contribution in [-0.2, 0) is 5.41 Å². The van der Waals surface area contributed by atoms with Gasteiger partial charge in [0.15, 0.2) is 0 Å². The fourth-order valence-corrected chi connectivity index (χ4v) is 13.1. The largest absolute Gasteiger partial charge is 0.359 e. The van der Waals surface area contributed by atoms with Gasteiger partial charge in [-0.3, -0.25) is 0 Å². The van der Waals surface area contributed by atoms with Crippen molar-refractivity contribution < 1.29 is 0 Å². The van der Waals surface area contributed by atoms with E-state index in [1.165, 1.54) is 130 Å². The molecule has 68 heavy (non-hydrogen) atoms. The van der Waals surface area contributed by atoms with E-state index in [1.807, 2.05) is 11.3 Å². The molecule has 1 saturated carbocycles. The number of rotatable bonds is 6. The Kier molecular flexibility index (Phi) is 9.07. The van der Waals surface area contributed by atoms with Crippen LogP contribution in [0.4, 0.5) is 0 Å². The summed E-state index contributed by atoms with van der Waals surface area (Å²) in [4.78, 5) is 5.23. The van der Waals surface area contributed by atoms with E-state index < -0.39 is 0 Å². The molecule has 1 aliphatic heterocycles. The smallest absolute Gasteiger partial charge is 0.134 e. The minimum atomic E-state index is -0.0863. The molecule has 1 atom stereocenters. The third kappa shape index (κ3) is 6.28. The molecule has 0 radical (unpaired) electrons. The molecular formula is C64H47N3S. The van der Waals surface area contributed by atoms with Gasteiger partial charge in [0.2, 0.25) is 0 Å². The van der Waals surface area contributed by atoms with E-state index in [-0.39, 0.29) is 11.5 Å². The minimum absolute atomic E-state index is 0.0694. The van der Waals surface area contributed by atoms with Crippen LogP contribution >= 0.6 is 11.3 Å². The Balaban J connectivity index is 0.905. The number of aromatic nitrogens is 1. The van der Waals surface area contributed by atoms with Gasteiger partial charge in [0.05, 0.1) is 22.8 Å². The third-order valence-electron chi connectivity index (χ3n) is 15.2. The van der Waals surface area contributed by atoms with E-state index in [0.717, 1.165) is 22.7 Å². The summed E-state index contributed by atoms with van der Waals surface area (Å²) in [5, 5.41) is 9.12. The number of benzene rings is 9. The molecule has 0 amide bonds. The molecule has 0 bridgehead atoms. The molecule has 324 valence electrons. The van der Waals surface area contributed by atoms with Gasteiger partial charge in [-0.2, -0.15) is 0 Å². The maximum atomic E-state index is 5.23. The Morgan fingerprint density at radius 3 is 1.99 bits per heavy atom. The number of nitrogens with one attached hydrogen (secondary N) is 1. The van der Waals surface area contributed by atoms with Crippen LogP contribution in [0.1, 0.15) is 66.0 Å². The molecule has 2 aliphatic carbocycles. The number of fused-ring (bicyclic) bond motifs is 11. The van der Waals surface area contributed by atoms with Gasteiger partial charge in [0.1, 0.15) is 5.84 Å². The van der Waals surface area contributed by atoms with Gasteiger partial charge >= 0.3 is 0 Å². The van der Waals surface area contributed by atoms with Gasteiger partial charge in [0.25, 0.3) is 0 Å². The Labute approximate surface area is 400 Å². The molecule has 14 rings (SSSR count). The molecule has 3 heterocycles. The first-order valence-electron chi connectivity index (χ1n) is 24.2. The van der Waals surface area contributed by atoms with Crippen molar-refractivity contribution in [3.05, 3.63) is 240 Å². The van der Waals surface area contributed by atoms with Crippen molar-refractivity contribution in [1.82, 2.24) is 9.88 Å². The van der Waals surface area contributed by atoms with Crippen LogP contribution in [0.2, 0.25) is 0 Å². The molecule has 0 saturated heterocycles. The van der Waals surface area contributed by atoms with Crippen molar-refractivity contribution in [2.45, 2.75) is 43.6 Å². The molecule has 2 aromatic heterocycles. The van der Waals surface area contributed by atoms with Crippen LogP contribution in [0.15, 0.2) is 217 Å². The van der Waals surface area contributed by atoms with Crippen LogP contribution in [0.3, 0.4) is 0 Å². The SMILES string of the molecule is C1=C(c2ccccc2)N=C(c2ccc(-c3ccccc3)cc2)NC1c1cccc(-c2ccc3c(c2)c2cc4c(cc2n3-c2ccc3c(c2)sc2ccccc23)-c2ccccc2C42CCCCC2)c1. The van der Waals surface area contributed by atoms with Gasteiger partial charge in [0, 0.05) is 47.6 Å². The van der Waals surface area contributed by atoms with Crippen LogP contribution in [0.25, 0.3) is 86.7 Å². The number of nitrogens with zero attached hydrogens (tertiary/aromatic N) is 2. The first kappa shape index (κ1) is 39.4. The summed E-state index contributed by atoms with van der Waals surface area (Å²) in [5.74, 6) is 0.870. The average molecular weight is 890 g/mol. The second-order valence-corrected chi connectivity index (χ2v) is 20.1. The van der Waals surface area contributed by atoms with Crippen molar-refractivity contribution in [2.75, 3.05) is 0 Å². The van der Waals surface area contributed by atoms with Crippen LogP contribution in [0.5, 0.6) is 0 Å². The van der Waals surface area contributed by atoms with Crippen molar-refractivity contribution in [2.24, 2.45) is 4.99 Å². The zero-order valence-corrected chi connectivity index (χ0v) is 38.4. The zero-order valence-electron chi connectivity index (χ0n) is 37.6. The van der Waals surface area contributed by atoms with Crippen molar-refractivity contribution in [3.63, 3.8) is 0 Å². The molecule has 3 nitrogen and oxygen atoms in total. The Bertz CT molecular complexity index is 3850. The highest BCUT2D eigenvalue weighted by molar-refractivity contribution is 7.25. The summed E-state index contributed by atoms with van der Waals surface area (Å²) in [6.45, 7) is 0. The lowest BCUT2D eigenvalue weighted by molar-refractivity contribution is 0.353. The number of thiophene rings is 1. The van der Waals surface area contributed by atoms with E-state index >= 15 is 0 Å². The molecular weight excluding hydrogens is 843 g/mol. The summed E-state index contributed by atoms with van der Waals surface area (Å²) in [6.07, 6.45) is 8.56. The van der Waals surface area contributed by atoms with Crippen LogP contribution in [0, 0.1) is 0 Å². The maximum Gasteiger partial charge on any atom is 0.134 e. The van der Waals surface area contributed by atoms with Gasteiger partial charge in [-0.05, 0) is 123 Å². The third-order valence-corrected chi connectivity index (χ3v) is 16.4. The van der Waals surface area contributed by atoms with Crippen molar-refractivity contribution in [3.8, 4) is 39.1 Å². The number of aliphatic imine (C=N–C) groups is 1. The van der Waals surface area contributed by atoms with E-state index in [2.05, 4.69) is 222 Å². The molecule has 1 unspecified atom stereocenters. The Morgan fingerprint density at radius 2 is 1.13 bits per heavy atom. The lowest BCUT2D eigenvalue weighted by atomic mass is 9.68. The molecule has 9 aromatic carbocycles. The van der Waals surface area contributed by atoms with Gasteiger partial charge in [-0.1, -0.05) is 177 Å². The summed E-state index contributed by atoms with van der Waals surface area (Å²) >= 11 is 1.89. The standard InChI is InChI=1S/C64H47N3S/c1-4-15-41(16-5-1)42-25-27-44(28-26-42)63-65-57(43-17-6-2-7-18-43)40-58(66-63)47-20-14-19-45(35-47)46-29-32-59-53(36-46)54-38-56-52(49-21-8-10-23-55(49)64(56)33-12-3-13-34-64)39-60(54)67(59)48-30-31-51-50-22-9-11-24-61(50)68-62(51)37-48/h1-2,4-11,14-32,35-40,58H,3,12-13,33-34H2,(H,65,66). The first-order valence-corrected chi connectivity index (χ1v) is 25.0. The second-order valence-electron chi connectivity index (χ2n) is 19.0. The maximum absolute atomic E-state index is 5.23. The minimum Gasteiger partial charge on any atom is -0.359 e. The Morgan fingerprint density at radius 1 is 0.456 bits per heavy atom. The summed E-state index contributed by atoms with van der Waals surface area (Å²) in [7, 11) is 0. The lowest BCUT2D eigenvalue weighted by Gasteiger charge is -2.36. The number of hydrogen-bond acceptors (Lipinski definition) is 3. The topological polar surface area (TPSA) is 29.3 Å². The van der Waals surface area contributed by atoms with E-state index in [9.17, 15) is 0 Å². The summed E-state index contributed by atoms with van der Waals surface area (Å²) < 4.78 is 5.19. The predicted molar refractivity (Wildman–Crippen MR) is 287 cm³/mol. The summed E-state index contributed by atoms with van der Waals surface area (Å²) in [6, 6.07) is 76.4. The fourth-order valence-electron chi connectivity index (χ4n) is 12.0. The molecule has 3 aliphatic rings. The lowest BCUT2D eigenvalue weighted by Crippen LogP contribution is -2.31. The monoisotopic (exact) mass is 889 g/mol. The highest BCUT2D eigenvalue weighted by atomic mass is 32.1. The fraction of sp³-hybridized carbons (Fsp3) is 0.109. The Hall–Kier alpha value is -7.79. The number of amidine groups is 1. The van der Waals surface area contributed by atoms with Crippen molar-refractivity contribution >= 4 is 64.8 Å². The molecule has 4 heteroatoms. The van der Waals surface area contributed by atoms with Gasteiger partial charge in [-0.15, -0.1) is 11.3 Å². The summed E-state index contributed by atoms with van der Waals surface area (Å²) in [5.41, 5.74) is 18.8. The quantitative estimate of drug-likeness (QED) is 0.177. The van der Waals surface area contributed by atoms with Crippen LogP contribution in [-0.4, -0.2) is 10.4 Å². The highest BCUT2D eigenvalue weighted by Crippen LogP contribution is 2.57. The molecule has 1 spiro atoms.